The second kappa shape index (κ2) is 4.52. The van der Waals surface area contributed by atoms with Gasteiger partial charge in [-0.1, -0.05) is 0 Å². The maximum absolute atomic E-state index is 10.9. The molecule has 1 rings (SSSR count). The highest BCUT2D eigenvalue weighted by molar-refractivity contribution is 7.90. The van der Waals surface area contributed by atoms with Crippen LogP contribution in [0.1, 0.15) is 6.42 Å². The fraction of sp³-hybridized carbons (Fsp3) is 0.571. The Balaban J connectivity index is 2.61. The van der Waals surface area contributed by atoms with Crippen LogP contribution in [-0.2, 0) is 26.4 Å². The number of sulfonamides is 1. The number of aromatic nitrogens is 2. The zero-order valence-corrected chi connectivity index (χ0v) is 10.3. The first-order valence-electron chi connectivity index (χ1n) is 4.41. The lowest BCUT2D eigenvalue weighted by Gasteiger charge is -2.00. The summed E-state index contributed by atoms with van der Waals surface area (Å²) in [5.41, 5.74) is 0. The van der Waals surface area contributed by atoms with Crippen molar-refractivity contribution in [2.24, 2.45) is 5.14 Å². The van der Waals surface area contributed by atoms with Crippen molar-refractivity contribution < 1.29 is 16.8 Å². The summed E-state index contributed by atoms with van der Waals surface area (Å²) in [5, 5.41) is 4.65. The van der Waals surface area contributed by atoms with Gasteiger partial charge in [-0.15, -0.1) is 0 Å². The Morgan fingerprint density at radius 1 is 1.38 bits per heavy atom. The van der Waals surface area contributed by atoms with Gasteiger partial charge in [0.1, 0.15) is 9.84 Å². The molecule has 0 saturated heterocycles. The SMILES string of the molecule is CS(=O)(=O)CCCn1cnc(S(N)(=O)=O)c1. The van der Waals surface area contributed by atoms with E-state index in [2.05, 4.69) is 4.98 Å². The molecule has 0 fully saturated rings. The molecular weight excluding hydrogens is 254 g/mol. The van der Waals surface area contributed by atoms with Crippen molar-refractivity contribution in [3.05, 3.63) is 12.5 Å². The van der Waals surface area contributed by atoms with Crippen molar-refractivity contribution in [3.63, 3.8) is 0 Å². The number of primary sulfonamides is 1. The highest BCUT2D eigenvalue weighted by atomic mass is 32.2. The van der Waals surface area contributed by atoms with Gasteiger partial charge in [0, 0.05) is 19.0 Å². The molecule has 1 heterocycles. The first-order chi connectivity index (χ1) is 7.18. The van der Waals surface area contributed by atoms with Gasteiger partial charge < -0.3 is 4.57 Å². The summed E-state index contributed by atoms with van der Waals surface area (Å²) in [6.45, 7) is 0.385. The van der Waals surface area contributed by atoms with Gasteiger partial charge in [-0.3, -0.25) is 0 Å². The Kier molecular flexibility index (Phi) is 3.71. The van der Waals surface area contributed by atoms with E-state index in [1.807, 2.05) is 0 Å². The molecule has 92 valence electrons. The molecule has 0 bridgehead atoms. The van der Waals surface area contributed by atoms with E-state index in [0.29, 0.717) is 13.0 Å². The van der Waals surface area contributed by atoms with Crippen molar-refractivity contribution in [3.8, 4) is 0 Å². The van der Waals surface area contributed by atoms with Gasteiger partial charge in [0.25, 0.3) is 10.0 Å². The van der Waals surface area contributed by atoms with Crippen molar-refractivity contribution in [2.75, 3.05) is 12.0 Å². The fourth-order valence-corrected chi connectivity index (χ4v) is 2.25. The van der Waals surface area contributed by atoms with Crippen LogP contribution in [0.5, 0.6) is 0 Å². The lowest BCUT2D eigenvalue weighted by Crippen LogP contribution is -2.12. The average molecular weight is 267 g/mol. The Hall–Kier alpha value is -0.930. The highest BCUT2D eigenvalue weighted by Crippen LogP contribution is 2.03. The van der Waals surface area contributed by atoms with Crippen LogP contribution in [-0.4, -0.2) is 38.4 Å². The van der Waals surface area contributed by atoms with E-state index < -0.39 is 19.9 Å². The molecule has 0 saturated carbocycles. The third-order valence-corrected chi connectivity index (χ3v) is 3.66. The molecule has 2 N–H and O–H groups in total. The molecule has 0 radical (unpaired) electrons. The zero-order valence-electron chi connectivity index (χ0n) is 8.70. The largest absolute Gasteiger partial charge is 0.336 e. The minimum absolute atomic E-state index is 0.0515. The molecule has 7 nitrogen and oxygen atoms in total. The number of hydrogen-bond acceptors (Lipinski definition) is 5. The maximum Gasteiger partial charge on any atom is 0.257 e. The van der Waals surface area contributed by atoms with E-state index in [-0.39, 0.29) is 10.8 Å². The smallest absolute Gasteiger partial charge is 0.257 e. The first kappa shape index (κ1) is 13.1. The fourth-order valence-electron chi connectivity index (χ4n) is 1.12. The minimum atomic E-state index is -3.79. The van der Waals surface area contributed by atoms with Gasteiger partial charge in [0.05, 0.1) is 12.1 Å². The van der Waals surface area contributed by atoms with Crippen LogP contribution in [0.4, 0.5) is 0 Å². The summed E-state index contributed by atoms with van der Waals surface area (Å²) in [6.07, 6.45) is 4.13. The van der Waals surface area contributed by atoms with Gasteiger partial charge >= 0.3 is 0 Å². The summed E-state index contributed by atoms with van der Waals surface area (Å²) >= 11 is 0. The third-order valence-electron chi connectivity index (χ3n) is 1.83. The topological polar surface area (TPSA) is 112 Å². The van der Waals surface area contributed by atoms with Crippen LogP contribution >= 0.6 is 0 Å². The van der Waals surface area contributed by atoms with Crippen molar-refractivity contribution in [1.82, 2.24) is 9.55 Å². The summed E-state index contributed by atoms with van der Waals surface area (Å²) in [5.74, 6) is 0.0515. The molecule has 0 aromatic carbocycles. The van der Waals surface area contributed by atoms with Crippen LogP contribution in [0.15, 0.2) is 17.6 Å². The normalized spacial score (nSPS) is 12.9. The van der Waals surface area contributed by atoms with Crippen LogP contribution < -0.4 is 5.14 Å². The van der Waals surface area contributed by atoms with Crippen LogP contribution in [0.2, 0.25) is 0 Å². The molecule has 0 aliphatic heterocycles. The lowest BCUT2D eigenvalue weighted by atomic mass is 10.5. The highest BCUT2D eigenvalue weighted by Gasteiger charge is 2.11. The summed E-state index contributed by atoms with van der Waals surface area (Å²) < 4.78 is 45.0. The van der Waals surface area contributed by atoms with Gasteiger partial charge in [0.2, 0.25) is 0 Å². The number of imidazole rings is 1. The third kappa shape index (κ3) is 4.29. The number of aryl methyl sites for hydroxylation is 1. The number of nitrogens with two attached hydrogens (primary N) is 1. The average Bonchev–Trinajstić information content (AvgIpc) is 2.49. The predicted molar refractivity (Wildman–Crippen MR) is 57.9 cm³/mol. The van der Waals surface area contributed by atoms with Gasteiger partial charge in [-0.25, -0.2) is 27.0 Å². The Morgan fingerprint density at radius 3 is 2.44 bits per heavy atom. The second-order valence-corrected chi connectivity index (χ2v) is 7.25. The number of hydrogen-bond donors (Lipinski definition) is 1. The van der Waals surface area contributed by atoms with E-state index in [4.69, 9.17) is 5.14 Å². The van der Waals surface area contributed by atoms with E-state index in [1.165, 1.54) is 17.1 Å². The zero-order chi connectivity index (χ0) is 12.4. The first-order valence-corrected chi connectivity index (χ1v) is 8.01. The molecular formula is C7H13N3O4S2. The van der Waals surface area contributed by atoms with Crippen molar-refractivity contribution in [2.45, 2.75) is 18.0 Å². The Morgan fingerprint density at radius 2 is 2.00 bits per heavy atom. The molecule has 0 unspecified atom stereocenters. The van der Waals surface area contributed by atoms with Gasteiger partial charge in [-0.05, 0) is 6.42 Å². The molecule has 0 atom stereocenters. The lowest BCUT2D eigenvalue weighted by molar-refractivity contribution is 0.589. The van der Waals surface area contributed by atoms with Gasteiger partial charge in [0.15, 0.2) is 5.03 Å². The molecule has 9 heteroatoms. The monoisotopic (exact) mass is 267 g/mol. The quantitative estimate of drug-likeness (QED) is 0.732. The number of sulfone groups is 1. The van der Waals surface area contributed by atoms with E-state index in [0.717, 1.165) is 6.26 Å². The summed E-state index contributed by atoms with van der Waals surface area (Å²) in [4.78, 5) is 3.60. The van der Waals surface area contributed by atoms with Crippen molar-refractivity contribution in [1.29, 1.82) is 0 Å². The van der Waals surface area contributed by atoms with Gasteiger partial charge in [-0.2, -0.15) is 0 Å². The number of rotatable bonds is 5. The maximum atomic E-state index is 10.9. The molecule has 1 aromatic rings. The Bertz CT molecular complexity index is 558. The van der Waals surface area contributed by atoms with E-state index >= 15 is 0 Å². The minimum Gasteiger partial charge on any atom is -0.336 e. The molecule has 0 aliphatic carbocycles. The standard InChI is InChI=1S/C7H13N3O4S2/c1-15(11,12)4-2-3-10-5-7(9-6-10)16(8,13)14/h5-6H,2-4H2,1H3,(H2,8,13,14). The summed E-state index contributed by atoms with van der Waals surface area (Å²) in [7, 11) is -6.78. The van der Waals surface area contributed by atoms with Crippen LogP contribution in [0.25, 0.3) is 0 Å². The van der Waals surface area contributed by atoms with E-state index in [9.17, 15) is 16.8 Å². The second-order valence-electron chi connectivity index (χ2n) is 3.48. The molecule has 0 aliphatic rings. The Labute approximate surface area is 94.3 Å². The molecule has 1 aromatic heterocycles. The van der Waals surface area contributed by atoms with E-state index in [1.54, 1.807) is 0 Å². The molecule has 0 amide bonds. The number of nitrogens with zero attached hydrogens (tertiary/aromatic N) is 2. The molecule has 16 heavy (non-hydrogen) atoms. The predicted octanol–water partition coefficient (Wildman–Crippen LogP) is -1.03. The van der Waals surface area contributed by atoms with Crippen molar-refractivity contribution >= 4 is 19.9 Å². The van der Waals surface area contributed by atoms with Crippen LogP contribution in [0.3, 0.4) is 0 Å². The van der Waals surface area contributed by atoms with Crippen LogP contribution in [0, 0.1) is 0 Å². The molecule has 0 spiro atoms. The summed E-state index contributed by atoms with van der Waals surface area (Å²) in [6, 6.07) is 0.